The zero-order valence-corrected chi connectivity index (χ0v) is 9.72. The van der Waals surface area contributed by atoms with Gasteiger partial charge in [0.1, 0.15) is 6.10 Å². The van der Waals surface area contributed by atoms with Gasteiger partial charge in [0.2, 0.25) is 0 Å². The van der Waals surface area contributed by atoms with Crippen molar-refractivity contribution in [1.82, 2.24) is 4.98 Å². The van der Waals surface area contributed by atoms with Crippen LogP contribution in [-0.2, 0) is 0 Å². The summed E-state index contributed by atoms with van der Waals surface area (Å²) in [6.07, 6.45) is -0.685. The number of aryl methyl sites for hydroxylation is 1. The average Bonchev–Trinajstić information content (AvgIpc) is 2.63. The lowest BCUT2D eigenvalue weighted by Gasteiger charge is -2.09. The lowest BCUT2D eigenvalue weighted by Crippen LogP contribution is -2.01. The Labute approximate surface area is 97.2 Å². The van der Waals surface area contributed by atoms with Crippen molar-refractivity contribution < 1.29 is 5.11 Å². The molecule has 0 amide bonds. The van der Waals surface area contributed by atoms with Crippen molar-refractivity contribution in [2.45, 2.75) is 13.0 Å². The highest BCUT2D eigenvalue weighted by atomic mass is 35.5. The maximum Gasteiger partial charge on any atom is 0.122 e. The summed E-state index contributed by atoms with van der Waals surface area (Å²) < 4.78 is 0. The molecule has 0 fully saturated rings. The zero-order valence-electron chi connectivity index (χ0n) is 8.14. The molecule has 1 aromatic carbocycles. The summed E-state index contributed by atoms with van der Waals surface area (Å²) >= 11 is 7.39. The van der Waals surface area contributed by atoms with E-state index in [0.29, 0.717) is 10.7 Å². The van der Waals surface area contributed by atoms with Crippen LogP contribution in [0, 0.1) is 6.92 Å². The van der Waals surface area contributed by atoms with Crippen LogP contribution in [0.3, 0.4) is 0 Å². The van der Waals surface area contributed by atoms with Crippen molar-refractivity contribution in [3.8, 4) is 0 Å². The molecular weight excluding hydrogens is 230 g/mol. The van der Waals surface area contributed by atoms with Crippen LogP contribution in [-0.4, -0.2) is 10.1 Å². The first-order chi connectivity index (χ1) is 7.18. The Kier molecular flexibility index (Phi) is 3.05. The van der Waals surface area contributed by atoms with E-state index in [2.05, 4.69) is 4.98 Å². The number of rotatable bonds is 2. The maximum absolute atomic E-state index is 10.1. The third-order valence-electron chi connectivity index (χ3n) is 2.21. The van der Waals surface area contributed by atoms with Gasteiger partial charge in [-0.1, -0.05) is 23.7 Å². The van der Waals surface area contributed by atoms with Gasteiger partial charge in [-0.2, -0.15) is 0 Å². The molecule has 1 heterocycles. The number of aliphatic hydroxyl groups is 1. The Hall–Kier alpha value is -0.900. The lowest BCUT2D eigenvalue weighted by molar-refractivity contribution is 0.215. The number of nitrogens with zero attached hydrogens (tertiary/aromatic N) is 1. The van der Waals surface area contributed by atoms with Crippen LogP contribution in [0.5, 0.6) is 0 Å². The third-order valence-corrected chi connectivity index (χ3v) is 3.21. The summed E-state index contributed by atoms with van der Waals surface area (Å²) in [4.78, 5) is 5.18. The van der Waals surface area contributed by atoms with Gasteiger partial charge in [-0.05, 0) is 24.6 Å². The largest absolute Gasteiger partial charge is 0.382 e. The highest BCUT2D eigenvalue weighted by molar-refractivity contribution is 7.09. The fourth-order valence-electron chi connectivity index (χ4n) is 1.41. The average molecular weight is 240 g/mol. The van der Waals surface area contributed by atoms with Crippen LogP contribution >= 0.6 is 22.9 Å². The quantitative estimate of drug-likeness (QED) is 0.873. The predicted octanol–water partition coefficient (Wildman–Crippen LogP) is 3.19. The second-order valence-electron chi connectivity index (χ2n) is 3.25. The van der Waals surface area contributed by atoms with Gasteiger partial charge in [0, 0.05) is 9.90 Å². The van der Waals surface area contributed by atoms with Gasteiger partial charge in [-0.3, -0.25) is 0 Å². The van der Waals surface area contributed by atoms with Crippen molar-refractivity contribution in [2.75, 3.05) is 0 Å². The molecule has 15 heavy (non-hydrogen) atoms. The van der Waals surface area contributed by atoms with Gasteiger partial charge in [-0.15, -0.1) is 11.3 Å². The summed E-state index contributed by atoms with van der Waals surface area (Å²) in [5.74, 6) is 0. The number of hydrogen-bond donors (Lipinski definition) is 1. The molecule has 2 aromatic rings. The molecule has 0 aliphatic heterocycles. The SMILES string of the molecule is Cc1scnc1[C@@H](O)c1cccc(Cl)c1. The van der Waals surface area contributed by atoms with Crippen molar-refractivity contribution >= 4 is 22.9 Å². The standard InChI is InChI=1S/C11H10ClNOS/c1-7-10(13-6-15-7)11(14)8-3-2-4-9(12)5-8/h2-6,11,14H,1H3/t11-/m0/s1. The molecule has 0 saturated heterocycles. The minimum absolute atomic E-state index is 0.624. The Morgan fingerprint density at radius 2 is 2.27 bits per heavy atom. The van der Waals surface area contributed by atoms with Gasteiger partial charge in [0.15, 0.2) is 0 Å². The van der Waals surface area contributed by atoms with Gasteiger partial charge >= 0.3 is 0 Å². The highest BCUT2D eigenvalue weighted by Crippen LogP contribution is 2.26. The van der Waals surface area contributed by atoms with Crippen molar-refractivity contribution in [3.05, 3.63) is 50.9 Å². The van der Waals surface area contributed by atoms with Crippen LogP contribution in [0.15, 0.2) is 29.8 Å². The summed E-state index contributed by atoms with van der Waals surface area (Å²) in [5.41, 5.74) is 3.22. The first kappa shape index (κ1) is 10.6. The monoisotopic (exact) mass is 239 g/mol. The molecule has 1 N–H and O–H groups in total. The number of benzene rings is 1. The van der Waals surface area contributed by atoms with Crippen LogP contribution in [0.4, 0.5) is 0 Å². The van der Waals surface area contributed by atoms with Crippen LogP contribution in [0.25, 0.3) is 0 Å². The van der Waals surface area contributed by atoms with Crippen molar-refractivity contribution in [2.24, 2.45) is 0 Å². The Morgan fingerprint density at radius 3 is 2.87 bits per heavy atom. The zero-order chi connectivity index (χ0) is 10.8. The van der Waals surface area contributed by atoms with E-state index in [1.54, 1.807) is 17.6 Å². The molecule has 1 atom stereocenters. The maximum atomic E-state index is 10.1. The molecule has 0 saturated carbocycles. The number of thiazole rings is 1. The lowest BCUT2D eigenvalue weighted by atomic mass is 10.1. The molecule has 0 aliphatic carbocycles. The number of aliphatic hydroxyl groups excluding tert-OH is 1. The topological polar surface area (TPSA) is 33.1 Å². The predicted molar refractivity (Wildman–Crippen MR) is 62.4 cm³/mol. The molecule has 4 heteroatoms. The summed E-state index contributed by atoms with van der Waals surface area (Å²) in [7, 11) is 0. The molecular formula is C11H10ClNOS. The van der Waals surface area contributed by atoms with E-state index in [9.17, 15) is 5.11 Å². The Balaban J connectivity index is 2.36. The molecule has 1 aromatic heterocycles. The second-order valence-corrected chi connectivity index (χ2v) is 4.75. The molecule has 0 bridgehead atoms. The normalized spacial score (nSPS) is 12.7. The second kappa shape index (κ2) is 4.31. The van der Waals surface area contributed by atoms with E-state index in [1.807, 2.05) is 19.1 Å². The van der Waals surface area contributed by atoms with Gasteiger partial charge in [0.25, 0.3) is 0 Å². The summed E-state index contributed by atoms with van der Waals surface area (Å²) in [6, 6.07) is 7.20. The fraction of sp³-hybridized carbons (Fsp3) is 0.182. The van der Waals surface area contributed by atoms with Crippen LogP contribution < -0.4 is 0 Å². The summed E-state index contributed by atoms with van der Waals surface area (Å²) in [6.45, 7) is 1.95. The van der Waals surface area contributed by atoms with E-state index in [4.69, 9.17) is 11.6 Å². The molecule has 2 nitrogen and oxygen atoms in total. The Bertz CT molecular complexity index is 469. The first-order valence-electron chi connectivity index (χ1n) is 4.52. The minimum Gasteiger partial charge on any atom is -0.382 e. The fourth-order valence-corrected chi connectivity index (χ4v) is 2.22. The molecule has 2 rings (SSSR count). The number of halogens is 1. The number of aromatic nitrogens is 1. The van der Waals surface area contributed by atoms with Crippen molar-refractivity contribution in [3.63, 3.8) is 0 Å². The molecule has 0 aliphatic rings. The molecule has 0 unspecified atom stereocenters. The van der Waals surface area contributed by atoms with Crippen LogP contribution in [0.2, 0.25) is 5.02 Å². The third kappa shape index (κ3) is 2.20. The summed E-state index contributed by atoms with van der Waals surface area (Å²) in [5, 5.41) is 10.7. The van der Waals surface area contributed by atoms with E-state index < -0.39 is 6.10 Å². The van der Waals surface area contributed by atoms with Crippen LogP contribution in [0.1, 0.15) is 22.2 Å². The number of hydrogen-bond acceptors (Lipinski definition) is 3. The van der Waals surface area contributed by atoms with Gasteiger partial charge in [0.05, 0.1) is 11.2 Å². The van der Waals surface area contributed by atoms with Crippen molar-refractivity contribution in [1.29, 1.82) is 0 Å². The van der Waals surface area contributed by atoms with Gasteiger partial charge < -0.3 is 5.11 Å². The van der Waals surface area contributed by atoms with E-state index >= 15 is 0 Å². The van der Waals surface area contributed by atoms with E-state index in [-0.39, 0.29) is 0 Å². The molecule has 0 spiro atoms. The molecule has 0 radical (unpaired) electrons. The van der Waals surface area contributed by atoms with E-state index in [1.165, 1.54) is 11.3 Å². The highest BCUT2D eigenvalue weighted by Gasteiger charge is 2.15. The molecule has 78 valence electrons. The minimum atomic E-state index is -0.685. The Morgan fingerprint density at radius 1 is 1.47 bits per heavy atom. The first-order valence-corrected chi connectivity index (χ1v) is 5.78. The van der Waals surface area contributed by atoms with Gasteiger partial charge in [-0.25, -0.2) is 4.98 Å². The van der Waals surface area contributed by atoms with E-state index in [0.717, 1.165) is 10.4 Å². The smallest absolute Gasteiger partial charge is 0.122 e.